The Bertz CT molecular complexity index is 6100. The molecule has 31 nitrogen and oxygen atoms in total. The summed E-state index contributed by atoms with van der Waals surface area (Å²) in [6, 6.07) is 79.7. The number of phenolic OH excluding ortho intramolecular Hbond substituents is 1. The van der Waals surface area contributed by atoms with Crippen molar-refractivity contribution >= 4 is 52.5 Å². The highest BCUT2D eigenvalue weighted by Crippen LogP contribution is 2.37. The van der Waals surface area contributed by atoms with Gasteiger partial charge in [0.25, 0.3) is 5.91 Å². The maximum atomic E-state index is 11.4. The standard InChI is InChI=1S/C24H19N7O2.C24H19N7O.C19H18N4O2.C17H13N7O/c1-32-22-11-10-16(14-20(22)23-28-30-31-29-23)21-12-13-25-24(27-21)26-17-6-5-9-19(15-17)33-18-7-3-2-4-8-18;1-32-22-11-10-18(15-20(22)23-28-30-31-29-23)21-12-13-25-24(27-21)26-19-9-5-8-17(14-19)16-6-3-2-4-7-16;1-11-7-12(2)9-14(8-11)22-19-21-6-5-16(23-19)13-3-4-17(24)15(10-13)18(20)25;25-15-7-6-11(10-13(15)16-21-23-24-22-16)14-8-9-18-17(20-14)19-12-4-2-1-3-5-12/h2-15H,1H3,(H,25,26,27)(H,28,29,30,31);2-15H,1H3,(H,25,26,27)(H,28,29,30,31);3-10,24H,1-2H3,(H2,20,25)(H,21,22,23);1-10,25H,(H,18,19,20)(H,21,22,23,24). The van der Waals surface area contributed by atoms with E-state index in [0.29, 0.717) is 86.6 Å². The van der Waals surface area contributed by atoms with Gasteiger partial charge in [-0.15, -0.1) is 30.6 Å². The number of H-pyrrole nitrogens is 3. The average molecular weight is 1520 g/mol. The topological polar surface area (TPSA) is 426 Å². The number of aryl methyl sites for hydroxylation is 2. The number of tetrazole rings is 3. The zero-order chi connectivity index (χ0) is 79.2. The minimum absolute atomic E-state index is 0.0555. The van der Waals surface area contributed by atoms with Crippen molar-refractivity contribution in [3.05, 3.63) is 296 Å². The Morgan fingerprint density at radius 2 is 0.748 bits per heavy atom. The number of ether oxygens (including phenoxy) is 3. The summed E-state index contributed by atoms with van der Waals surface area (Å²) in [7, 11) is 3.20. The molecule has 7 aromatic heterocycles. The third kappa shape index (κ3) is 19.6. The third-order valence-corrected chi connectivity index (χ3v) is 17.0. The van der Waals surface area contributed by atoms with Gasteiger partial charge in [-0.3, -0.25) is 4.79 Å². The van der Waals surface area contributed by atoms with Crippen LogP contribution in [0.4, 0.5) is 46.5 Å². The largest absolute Gasteiger partial charge is 0.507 e. The van der Waals surface area contributed by atoms with E-state index in [1.807, 2.05) is 190 Å². The van der Waals surface area contributed by atoms with E-state index in [2.05, 4.69) is 148 Å². The molecule has 0 aliphatic heterocycles. The first-order chi connectivity index (χ1) is 56.3. The minimum Gasteiger partial charge on any atom is -0.507 e. The maximum Gasteiger partial charge on any atom is 0.252 e. The summed E-state index contributed by atoms with van der Waals surface area (Å²) in [4.78, 5) is 46.9. The summed E-state index contributed by atoms with van der Waals surface area (Å²) in [6.45, 7) is 4.05. The zero-order valence-electron chi connectivity index (χ0n) is 61.8. The molecule has 7 heterocycles. The molecule has 0 atom stereocenters. The number of methoxy groups -OCH3 is 2. The highest BCUT2D eigenvalue weighted by atomic mass is 16.5. The fourth-order valence-corrected chi connectivity index (χ4v) is 11.8. The number of nitrogens with two attached hydrogens (primary N) is 1. The summed E-state index contributed by atoms with van der Waals surface area (Å²) in [5.74, 6) is 5.10. The molecule has 566 valence electrons. The molecule has 31 heteroatoms. The highest BCUT2D eigenvalue weighted by molar-refractivity contribution is 5.97. The van der Waals surface area contributed by atoms with Gasteiger partial charge in [-0.1, -0.05) is 91.0 Å². The number of hydrogen-bond donors (Lipinski definition) is 10. The number of para-hydroxylation sites is 2. The van der Waals surface area contributed by atoms with Gasteiger partial charge in [0.2, 0.25) is 41.3 Å². The first-order valence-corrected chi connectivity index (χ1v) is 35.4. The number of aromatic nitrogens is 20. The van der Waals surface area contributed by atoms with E-state index in [9.17, 15) is 15.0 Å². The predicted octanol–water partition coefficient (Wildman–Crippen LogP) is 15.7. The molecule has 17 aromatic rings. The van der Waals surface area contributed by atoms with Crippen LogP contribution < -0.4 is 41.2 Å². The Balaban J connectivity index is 0.000000128. The molecular formula is C84H69N25O6. The highest BCUT2D eigenvalue weighted by Gasteiger charge is 2.18. The van der Waals surface area contributed by atoms with Gasteiger partial charge in [0, 0.05) is 75.9 Å². The van der Waals surface area contributed by atoms with Crippen LogP contribution in [0.3, 0.4) is 0 Å². The maximum absolute atomic E-state index is 11.4. The molecule has 0 saturated carbocycles. The van der Waals surface area contributed by atoms with Crippen LogP contribution >= 0.6 is 0 Å². The van der Waals surface area contributed by atoms with Crippen LogP contribution in [0.15, 0.2) is 280 Å². The number of benzene rings is 10. The van der Waals surface area contributed by atoms with Gasteiger partial charge in [0.1, 0.15) is 34.5 Å². The predicted molar refractivity (Wildman–Crippen MR) is 435 cm³/mol. The number of aromatic hydroxyl groups is 2. The van der Waals surface area contributed by atoms with Crippen LogP contribution in [-0.2, 0) is 0 Å². The fourth-order valence-electron chi connectivity index (χ4n) is 11.8. The van der Waals surface area contributed by atoms with Gasteiger partial charge in [-0.2, -0.15) is 15.6 Å². The second-order valence-electron chi connectivity index (χ2n) is 25.1. The van der Waals surface area contributed by atoms with Crippen molar-refractivity contribution in [2.45, 2.75) is 13.8 Å². The molecule has 0 bridgehead atoms. The quantitative estimate of drug-likeness (QED) is 0.0319. The van der Waals surface area contributed by atoms with Crippen molar-refractivity contribution < 1.29 is 29.2 Å². The summed E-state index contributed by atoms with van der Waals surface area (Å²) in [5, 5.41) is 74.8. The Morgan fingerprint density at radius 3 is 1.23 bits per heavy atom. The second-order valence-corrected chi connectivity index (χ2v) is 25.1. The number of nitrogens with one attached hydrogen (secondary N) is 7. The summed E-state index contributed by atoms with van der Waals surface area (Å²) in [6.07, 6.45) is 6.73. The molecule has 0 saturated heterocycles. The average Bonchev–Trinajstić information content (AvgIpc) is 1.41. The van der Waals surface area contributed by atoms with Gasteiger partial charge in [0.05, 0.1) is 59.2 Å². The van der Waals surface area contributed by atoms with Gasteiger partial charge in [0.15, 0.2) is 0 Å². The van der Waals surface area contributed by atoms with Crippen LogP contribution in [0.1, 0.15) is 21.5 Å². The van der Waals surface area contributed by atoms with Crippen molar-refractivity contribution in [3.63, 3.8) is 0 Å². The number of nitrogens with zero attached hydrogens (tertiary/aromatic N) is 17. The lowest BCUT2D eigenvalue weighted by Crippen LogP contribution is -2.11. The molecule has 1 amide bonds. The molecule has 0 fully saturated rings. The van der Waals surface area contributed by atoms with Crippen molar-refractivity contribution in [2.75, 3.05) is 35.5 Å². The van der Waals surface area contributed by atoms with E-state index in [0.717, 1.165) is 84.4 Å². The molecule has 0 radical (unpaired) electrons. The number of phenols is 2. The lowest BCUT2D eigenvalue weighted by atomic mass is 10.1. The van der Waals surface area contributed by atoms with E-state index in [1.165, 1.54) is 12.1 Å². The van der Waals surface area contributed by atoms with E-state index >= 15 is 0 Å². The van der Waals surface area contributed by atoms with Gasteiger partial charge < -0.3 is 51.4 Å². The van der Waals surface area contributed by atoms with Crippen molar-refractivity contribution in [1.82, 2.24) is 102 Å². The van der Waals surface area contributed by atoms with E-state index < -0.39 is 5.91 Å². The Labute approximate surface area is 656 Å². The van der Waals surface area contributed by atoms with Crippen LogP contribution in [0.25, 0.3) is 90.3 Å². The van der Waals surface area contributed by atoms with Crippen molar-refractivity contribution in [1.29, 1.82) is 0 Å². The van der Waals surface area contributed by atoms with E-state index in [4.69, 9.17) is 24.9 Å². The number of primary amides is 1. The van der Waals surface area contributed by atoms with Crippen LogP contribution in [-0.4, -0.2) is 132 Å². The lowest BCUT2D eigenvalue weighted by Gasteiger charge is -2.11. The SMILES string of the molecule is COc1ccc(-c2ccnc(Nc3cccc(-c4ccccc4)c3)n2)cc1-c1nn[nH]n1.COc1ccc(-c2ccnc(Nc3cccc(Oc4ccccc4)c3)n2)cc1-c1nn[nH]n1.Cc1cc(C)cc(Nc2nccc(-c3ccc(O)c(C(N)=O)c3)n2)c1.Oc1ccc(-c2ccnc(Nc3ccccc3)n2)cc1-c1nn[nH]n1. The molecule has 0 aliphatic rings. The number of carbonyl (C=O) groups excluding carboxylic acids is 1. The molecule has 115 heavy (non-hydrogen) atoms. The first kappa shape index (κ1) is 75.2. The van der Waals surface area contributed by atoms with Crippen molar-refractivity contribution in [2.24, 2.45) is 5.73 Å². The Hall–Kier alpha value is -16.6. The molecule has 0 unspecified atom stereocenters. The summed E-state index contributed by atoms with van der Waals surface area (Å²) < 4.78 is 16.8. The molecule has 0 spiro atoms. The van der Waals surface area contributed by atoms with E-state index in [1.54, 1.807) is 75.4 Å². The number of hydrogen-bond acceptors (Lipinski definition) is 27. The summed E-state index contributed by atoms with van der Waals surface area (Å²) in [5.41, 5.74) is 21.3. The number of aromatic amines is 3. The lowest BCUT2D eigenvalue weighted by molar-refractivity contribution is 0.0997. The molecule has 17 rings (SSSR count). The Morgan fingerprint density at radius 1 is 0.357 bits per heavy atom. The van der Waals surface area contributed by atoms with E-state index in [-0.39, 0.29) is 17.1 Å². The van der Waals surface area contributed by atoms with Gasteiger partial charge in [-0.05, 0) is 209 Å². The Kier molecular flexibility index (Phi) is 23.6. The van der Waals surface area contributed by atoms with Gasteiger partial charge >= 0.3 is 0 Å². The monoisotopic (exact) mass is 1520 g/mol. The number of anilines is 8. The molecular weight excluding hydrogens is 1460 g/mol. The fraction of sp³-hybridized carbons (Fsp3) is 0.0476. The number of amides is 1. The smallest absolute Gasteiger partial charge is 0.252 e. The normalized spacial score (nSPS) is 10.6. The zero-order valence-corrected chi connectivity index (χ0v) is 61.8. The van der Waals surface area contributed by atoms with Gasteiger partial charge in [-0.25, -0.2) is 39.9 Å². The second kappa shape index (κ2) is 36.1. The van der Waals surface area contributed by atoms with Crippen LogP contribution in [0.5, 0.6) is 34.5 Å². The molecule has 11 N–H and O–H groups in total. The minimum atomic E-state index is -0.693. The van der Waals surface area contributed by atoms with Crippen LogP contribution in [0.2, 0.25) is 0 Å². The third-order valence-electron chi connectivity index (χ3n) is 17.0. The summed E-state index contributed by atoms with van der Waals surface area (Å²) >= 11 is 0. The number of rotatable bonds is 21. The number of carbonyl (C=O) groups is 1. The molecule has 0 aliphatic carbocycles. The first-order valence-electron chi connectivity index (χ1n) is 35.4. The molecule has 10 aromatic carbocycles. The van der Waals surface area contributed by atoms with Crippen molar-refractivity contribution in [3.8, 4) is 125 Å². The van der Waals surface area contributed by atoms with Crippen LogP contribution in [0, 0.1) is 13.8 Å².